The quantitative estimate of drug-likeness (QED) is 0.505. The number of aromatic amines is 1. The smallest absolute Gasteiger partial charge is 0.240 e. The molecule has 168 valence electrons. The number of H-pyrrole nitrogens is 1. The molecular weight excluding hydrogens is 448 g/mol. The van der Waals surface area contributed by atoms with Gasteiger partial charge in [0, 0.05) is 35.8 Å². The number of rotatable bonds is 7. The van der Waals surface area contributed by atoms with Crippen molar-refractivity contribution in [2.24, 2.45) is 0 Å². The van der Waals surface area contributed by atoms with Crippen molar-refractivity contribution in [2.45, 2.75) is 24.8 Å². The zero-order valence-corrected chi connectivity index (χ0v) is 19.3. The van der Waals surface area contributed by atoms with Gasteiger partial charge in [0.25, 0.3) is 0 Å². The van der Waals surface area contributed by atoms with E-state index in [1.807, 2.05) is 42.5 Å². The summed E-state index contributed by atoms with van der Waals surface area (Å²) < 4.78 is 12.9. The minimum Gasteiger partial charge on any atom is -0.497 e. The molecule has 3 aromatic rings. The summed E-state index contributed by atoms with van der Waals surface area (Å²) in [6, 6.07) is 15.3. The average molecular weight is 473 g/mol. The zero-order chi connectivity index (χ0) is 22.6. The first kappa shape index (κ1) is 22.5. The molecule has 4 rings (SSSR count). The second kappa shape index (κ2) is 9.85. The molecule has 0 bridgehead atoms. The van der Waals surface area contributed by atoms with E-state index < -0.39 is 0 Å². The fourth-order valence-electron chi connectivity index (χ4n) is 4.04. The number of hydrogen-bond acceptors (Lipinski definition) is 5. The number of amides is 1. The number of methoxy groups -OCH3 is 1. The van der Waals surface area contributed by atoms with Crippen LogP contribution in [0.3, 0.4) is 0 Å². The number of halogens is 1. The SMILES string of the molecule is COc1ccc(-c2n[nH]c(=S)n2CC(=O)NCC2(c3cccc(Cl)c3)CCOCC2)cc1. The van der Waals surface area contributed by atoms with E-state index in [0.717, 1.165) is 29.7 Å². The predicted octanol–water partition coefficient (Wildman–Crippen LogP) is 4.13. The highest BCUT2D eigenvalue weighted by atomic mass is 35.5. The lowest BCUT2D eigenvalue weighted by Crippen LogP contribution is -2.45. The number of aromatic nitrogens is 3. The Bertz CT molecular complexity index is 1140. The third-order valence-electron chi connectivity index (χ3n) is 5.92. The molecule has 1 amide bonds. The molecule has 0 saturated carbocycles. The zero-order valence-electron chi connectivity index (χ0n) is 17.8. The normalized spacial score (nSPS) is 15.3. The van der Waals surface area contributed by atoms with Gasteiger partial charge in [-0.3, -0.25) is 14.5 Å². The van der Waals surface area contributed by atoms with Gasteiger partial charge >= 0.3 is 0 Å². The summed E-state index contributed by atoms with van der Waals surface area (Å²) in [6.07, 6.45) is 1.63. The Kier molecular flexibility index (Phi) is 6.93. The van der Waals surface area contributed by atoms with Crippen LogP contribution in [0.25, 0.3) is 11.4 Å². The number of nitrogens with zero attached hydrogens (tertiary/aromatic N) is 2. The molecule has 0 spiro atoms. The summed E-state index contributed by atoms with van der Waals surface area (Å²) in [5, 5.41) is 10.9. The molecule has 0 radical (unpaired) electrons. The van der Waals surface area contributed by atoms with Crippen molar-refractivity contribution in [3.8, 4) is 17.1 Å². The van der Waals surface area contributed by atoms with Gasteiger partial charge in [-0.15, -0.1) is 0 Å². The molecule has 0 atom stereocenters. The van der Waals surface area contributed by atoms with Crippen molar-refractivity contribution in [1.29, 1.82) is 0 Å². The molecule has 2 N–H and O–H groups in total. The molecule has 1 aliphatic heterocycles. The predicted molar refractivity (Wildman–Crippen MR) is 126 cm³/mol. The van der Waals surface area contributed by atoms with Gasteiger partial charge in [-0.1, -0.05) is 23.7 Å². The second-order valence-electron chi connectivity index (χ2n) is 7.85. The van der Waals surface area contributed by atoms with Crippen LogP contribution in [0.1, 0.15) is 18.4 Å². The van der Waals surface area contributed by atoms with E-state index in [0.29, 0.717) is 35.4 Å². The van der Waals surface area contributed by atoms with Gasteiger partial charge in [0.05, 0.1) is 7.11 Å². The minimum atomic E-state index is -0.213. The van der Waals surface area contributed by atoms with Crippen molar-refractivity contribution in [2.75, 3.05) is 26.9 Å². The van der Waals surface area contributed by atoms with Crippen LogP contribution in [0.2, 0.25) is 5.02 Å². The van der Waals surface area contributed by atoms with Gasteiger partial charge in [0.1, 0.15) is 12.3 Å². The highest BCUT2D eigenvalue weighted by Gasteiger charge is 2.35. The second-order valence-corrected chi connectivity index (χ2v) is 8.67. The Hall–Kier alpha value is -2.68. The highest BCUT2D eigenvalue weighted by Crippen LogP contribution is 2.35. The molecule has 32 heavy (non-hydrogen) atoms. The molecular formula is C23H25ClN4O3S. The Morgan fingerprint density at radius 3 is 2.72 bits per heavy atom. The highest BCUT2D eigenvalue weighted by molar-refractivity contribution is 7.71. The Morgan fingerprint density at radius 2 is 2.03 bits per heavy atom. The van der Waals surface area contributed by atoms with E-state index in [9.17, 15) is 4.79 Å². The molecule has 2 aromatic carbocycles. The van der Waals surface area contributed by atoms with E-state index in [1.165, 1.54) is 0 Å². The maximum Gasteiger partial charge on any atom is 0.240 e. The number of carbonyl (C=O) groups excluding carboxylic acids is 1. The van der Waals surface area contributed by atoms with Crippen LogP contribution in [0, 0.1) is 4.77 Å². The molecule has 1 aliphatic rings. The fourth-order valence-corrected chi connectivity index (χ4v) is 4.43. The summed E-state index contributed by atoms with van der Waals surface area (Å²) in [4.78, 5) is 12.9. The third kappa shape index (κ3) is 4.87. The van der Waals surface area contributed by atoms with Crippen LogP contribution >= 0.6 is 23.8 Å². The molecule has 7 nitrogen and oxygen atoms in total. The largest absolute Gasteiger partial charge is 0.497 e. The van der Waals surface area contributed by atoms with E-state index in [-0.39, 0.29) is 17.9 Å². The summed E-state index contributed by atoms with van der Waals surface area (Å²) in [7, 11) is 1.62. The Balaban J connectivity index is 1.50. The first-order chi connectivity index (χ1) is 15.5. The average Bonchev–Trinajstić information content (AvgIpc) is 3.18. The summed E-state index contributed by atoms with van der Waals surface area (Å²) in [5.74, 6) is 1.21. The van der Waals surface area contributed by atoms with E-state index in [2.05, 4.69) is 21.6 Å². The van der Waals surface area contributed by atoms with Crippen LogP contribution < -0.4 is 10.1 Å². The summed E-state index contributed by atoms with van der Waals surface area (Å²) >= 11 is 11.6. The number of nitrogens with one attached hydrogen (secondary N) is 2. The van der Waals surface area contributed by atoms with Crippen LogP contribution in [0.15, 0.2) is 48.5 Å². The topological polar surface area (TPSA) is 81.2 Å². The number of benzene rings is 2. The lowest BCUT2D eigenvalue weighted by Gasteiger charge is -2.38. The van der Waals surface area contributed by atoms with Crippen LogP contribution in [0.4, 0.5) is 0 Å². The lowest BCUT2D eigenvalue weighted by atomic mass is 9.74. The van der Waals surface area contributed by atoms with E-state index >= 15 is 0 Å². The molecule has 9 heteroatoms. The standard InChI is InChI=1S/C23H25ClN4O3S/c1-30-19-7-5-16(6-8-19)21-26-27-22(32)28(21)14-20(29)25-15-23(9-11-31-12-10-23)17-3-2-4-18(24)13-17/h2-8,13H,9-12,14-15H2,1H3,(H,25,29)(H,27,32). The van der Waals surface area contributed by atoms with Crippen molar-refractivity contribution in [3.63, 3.8) is 0 Å². The summed E-state index contributed by atoms with van der Waals surface area (Å²) in [6.45, 7) is 1.87. The Morgan fingerprint density at radius 1 is 1.28 bits per heavy atom. The summed E-state index contributed by atoms with van der Waals surface area (Å²) in [5.41, 5.74) is 1.74. The van der Waals surface area contributed by atoms with Crippen LogP contribution in [0.5, 0.6) is 5.75 Å². The Labute approximate surface area is 196 Å². The van der Waals surface area contributed by atoms with Gasteiger partial charge in [-0.2, -0.15) is 5.10 Å². The van der Waals surface area contributed by atoms with Gasteiger partial charge in [-0.05, 0) is 67.0 Å². The third-order valence-corrected chi connectivity index (χ3v) is 6.47. The first-order valence-corrected chi connectivity index (χ1v) is 11.2. The van der Waals surface area contributed by atoms with Gasteiger partial charge in [-0.25, -0.2) is 0 Å². The van der Waals surface area contributed by atoms with Gasteiger partial charge in [0.2, 0.25) is 5.91 Å². The number of hydrogen-bond donors (Lipinski definition) is 2. The minimum absolute atomic E-state index is 0.0683. The van der Waals surface area contributed by atoms with Crippen molar-refractivity contribution >= 4 is 29.7 Å². The monoisotopic (exact) mass is 472 g/mol. The van der Waals surface area contributed by atoms with Crippen LogP contribution in [-0.4, -0.2) is 47.5 Å². The van der Waals surface area contributed by atoms with Crippen molar-refractivity contribution < 1.29 is 14.3 Å². The maximum absolute atomic E-state index is 12.9. The lowest BCUT2D eigenvalue weighted by molar-refractivity contribution is -0.122. The van der Waals surface area contributed by atoms with Gasteiger partial charge < -0.3 is 14.8 Å². The van der Waals surface area contributed by atoms with Crippen LogP contribution in [-0.2, 0) is 21.5 Å². The molecule has 1 fully saturated rings. The fraction of sp³-hybridized carbons (Fsp3) is 0.348. The molecule has 1 saturated heterocycles. The van der Waals surface area contributed by atoms with Gasteiger partial charge in [0.15, 0.2) is 10.6 Å². The first-order valence-electron chi connectivity index (χ1n) is 10.4. The molecule has 1 aromatic heterocycles. The number of ether oxygens (including phenoxy) is 2. The number of carbonyl (C=O) groups is 1. The molecule has 2 heterocycles. The maximum atomic E-state index is 12.9. The molecule has 0 aliphatic carbocycles. The molecule has 0 unspecified atom stereocenters. The van der Waals surface area contributed by atoms with E-state index in [4.69, 9.17) is 33.3 Å². The van der Waals surface area contributed by atoms with Crippen molar-refractivity contribution in [1.82, 2.24) is 20.1 Å². The van der Waals surface area contributed by atoms with E-state index in [1.54, 1.807) is 11.7 Å². The van der Waals surface area contributed by atoms with Crippen molar-refractivity contribution in [3.05, 3.63) is 63.9 Å².